The third-order valence-electron chi connectivity index (χ3n) is 11.7. The lowest BCUT2D eigenvalue weighted by molar-refractivity contribution is 0.597. The van der Waals surface area contributed by atoms with Gasteiger partial charge in [0, 0.05) is 0 Å². The average Bonchev–Trinajstić information content (AvgIpc) is 3.31. The van der Waals surface area contributed by atoms with E-state index in [1.807, 2.05) is 0 Å². The Morgan fingerprint density at radius 3 is 0.768 bits per heavy atom. The molecule has 0 bridgehead atoms. The van der Waals surface area contributed by atoms with Crippen LogP contribution in [-0.4, -0.2) is 40.3 Å². The SMILES string of the molecule is BrC(Br)(Br)C(Br)(Br)C(Br)(Br)C(Br)(Br)CCc1ccccc1[Si](O[Si](c1ccccc1)(c1ccccc1)c1ccccc1CCC(Br)(Br)C(Br)(Br)C(Br)(Br)C(Br)(Br)Br)(c1ccccc1)c1ccccc1. The minimum absolute atomic E-state index is 0.632. The van der Waals surface area contributed by atoms with E-state index in [0.717, 1.165) is 20.7 Å². The monoisotopic (exact) mass is 2100 g/mol. The van der Waals surface area contributed by atoms with E-state index < -0.39 is 40.3 Å². The number of hydrogen-bond donors (Lipinski definition) is 0. The molecule has 0 unspecified atom stereocenters. The third kappa shape index (κ3) is 12.9. The zero-order valence-corrected chi connectivity index (χ0v) is 65.8. The largest absolute Gasteiger partial charge is 0.435 e. The van der Waals surface area contributed by atoms with Gasteiger partial charge < -0.3 is 4.12 Å². The molecular formula is C48H36Br18OSi2. The fraction of sp³-hybridized carbons (Fsp3) is 0.250. The van der Waals surface area contributed by atoms with E-state index in [1.165, 1.54) is 21.5 Å². The van der Waals surface area contributed by atoms with E-state index in [2.05, 4.69) is 457 Å². The highest BCUT2D eigenvalue weighted by Gasteiger charge is 2.66. The first-order valence-electron chi connectivity index (χ1n) is 20.5. The van der Waals surface area contributed by atoms with Crippen LogP contribution in [0.4, 0.5) is 0 Å². The standard InChI is InChI=1S/C48H36Br18OSi2/c49-41(50,43(53,54)45(57,58)47(61,62)63)31-29-33-17-13-15-27-39(33)68(35-19-5-1-6-20-35,36-21-7-2-8-22-36)67-69(37-23-9-3-10-24-37,38-25-11-4-12-26-38)40-28-16-14-18-34(40)30-32-42(51,52)44(55,56)46(59,60)48(64,65)66/h1-28H,29-32H2. The fourth-order valence-corrected chi connectivity index (χ4v) is 31.7. The second-order valence-electron chi connectivity index (χ2n) is 15.9. The second kappa shape index (κ2) is 25.0. The first-order valence-corrected chi connectivity index (χ1v) is 38.6. The molecule has 21 heteroatoms. The highest BCUT2D eigenvalue weighted by Crippen LogP contribution is 2.70. The summed E-state index contributed by atoms with van der Waals surface area (Å²) in [7, 11) is -7.23. The van der Waals surface area contributed by atoms with E-state index in [1.54, 1.807) is 0 Å². The number of hydrogen-bond acceptors (Lipinski definition) is 1. The summed E-state index contributed by atoms with van der Waals surface area (Å²) in [6, 6.07) is 61.4. The Kier molecular flexibility index (Phi) is 22.7. The zero-order chi connectivity index (χ0) is 51.0. The number of alkyl halides is 18. The number of halogens is 18. The maximum atomic E-state index is 8.95. The highest BCUT2D eigenvalue weighted by atomic mass is 80.0. The molecule has 0 atom stereocenters. The quantitative estimate of drug-likeness (QED) is 0.0473. The van der Waals surface area contributed by atoms with Gasteiger partial charge >= 0.3 is 0 Å². The summed E-state index contributed by atoms with van der Waals surface area (Å²) in [5.41, 5.74) is 2.35. The van der Waals surface area contributed by atoms with E-state index >= 15 is 0 Å². The van der Waals surface area contributed by atoms with Gasteiger partial charge in [0.05, 0.1) is 0 Å². The maximum absolute atomic E-state index is 8.95. The molecule has 368 valence electrons. The van der Waals surface area contributed by atoms with Gasteiger partial charge in [-0.15, -0.1) is 0 Å². The van der Waals surface area contributed by atoms with Gasteiger partial charge in [-0.2, -0.15) is 0 Å². The van der Waals surface area contributed by atoms with Crippen molar-refractivity contribution in [2.75, 3.05) is 0 Å². The Morgan fingerprint density at radius 1 is 0.290 bits per heavy atom. The van der Waals surface area contributed by atoms with Crippen LogP contribution in [0.25, 0.3) is 0 Å². The normalized spacial score (nSPS) is 13.9. The average molecular weight is 2120 g/mol. The Morgan fingerprint density at radius 2 is 0.522 bits per heavy atom. The molecule has 69 heavy (non-hydrogen) atoms. The first kappa shape index (κ1) is 62.5. The van der Waals surface area contributed by atoms with Crippen molar-refractivity contribution in [3.63, 3.8) is 0 Å². The predicted molar refractivity (Wildman–Crippen MR) is 368 cm³/mol. The van der Waals surface area contributed by atoms with Gasteiger partial charge in [0.25, 0.3) is 16.6 Å². The van der Waals surface area contributed by atoms with Crippen LogP contribution < -0.4 is 31.1 Å². The van der Waals surface area contributed by atoms with Crippen LogP contribution in [0.15, 0.2) is 170 Å². The minimum Gasteiger partial charge on any atom is -0.435 e. The lowest BCUT2D eigenvalue weighted by atomic mass is 10.1. The van der Waals surface area contributed by atoms with E-state index in [9.17, 15) is 0 Å². The summed E-state index contributed by atoms with van der Waals surface area (Å²) in [5.74, 6) is 0. The summed E-state index contributed by atoms with van der Waals surface area (Å²) in [6.07, 6.45) is 2.60. The van der Waals surface area contributed by atoms with Crippen molar-refractivity contribution in [2.45, 2.75) is 49.4 Å². The van der Waals surface area contributed by atoms with Gasteiger partial charge in [0.2, 0.25) is 0 Å². The van der Waals surface area contributed by atoms with Crippen molar-refractivity contribution in [1.29, 1.82) is 0 Å². The lowest BCUT2D eigenvalue weighted by Crippen LogP contribution is -2.81. The summed E-state index contributed by atoms with van der Waals surface area (Å²) in [4.78, 5) is 0. The number of aryl methyl sites for hydroxylation is 2. The first-order chi connectivity index (χ1) is 32.0. The predicted octanol–water partition coefficient (Wildman–Crippen LogP) is 18.8. The van der Waals surface area contributed by atoms with Crippen LogP contribution in [0.2, 0.25) is 0 Å². The molecule has 0 aliphatic heterocycles. The van der Waals surface area contributed by atoms with Gasteiger partial charge in [-0.05, 0) is 67.9 Å². The molecule has 0 radical (unpaired) electrons. The van der Waals surface area contributed by atoms with Crippen molar-refractivity contribution in [2.24, 2.45) is 0 Å². The Labute approximate surface area is 559 Å². The molecule has 0 spiro atoms. The minimum atomic E-state index is -3.61. The van der Waals surface area contributed by atoms with Gasteiger partial charge in [0.1, 0.15) is 19.4 Å². The highest BCUT2D eigenvalue weighted by molar-refractivity contribution is 9.43. The molecule has 0 aliphatic carbocycles. The van der Waals surface area contributed by atoms with E-state index in [-0.39, 0.29) is 0 Å². The summed E-state index contributed by atoms with van der Waals surface area (Å²) >= 11 is 71.0. The molecule has 0 aromatic heterocycles. The summed E-state index contributed by atoms with van der Waals surface area (Å²) in [5, 5.41) is 6.91. The fourth-order valence-electron chi connectivity index (χ4n) is 8.10. The molecule has 6 aromatic rings. The Bertz CT molecular complexity index is 2380. The van der Waals surface area contributed by atoms with Crippen LogP contribution in [-0.2, 0) is 17.0 Å². The molecule has 1 nitrogen and oxygen atoms in total. The summed E-state index contributed by atoms with van der Waals surface area (Å²) < 4.78 is 2.63. The summed E-state index contributed by atoms with van der Waals surface area (Å²) in [6.45, 7) is 0. The number of rotatable bonds is 18. The Hall–Kier alpha value is 4.35. The van der Waals surface area contributed by atoms with Crippen molar-refractivity contribution in [3.05, 3.63) is 181 Å². The topological polar surface area (TPSA) is 9.23 Å². The van der Waals surface area contributed by atoms with Crippen LogP contribution in [0.3, 0.4) is 0 Å². The molecule has 6 aromatic carbocycles. The van der Waals surface area contributed by atoms with E-state index in [4.69, 9.17) is 4.12 Å². The molecule has 6 rings (SSSR count). The van der Waals surface area contributed by atoms with Crippen molar-refractivity contribution < 1.29 is 4.12 Å². The van der Waals surface area contributed by atoms with Crippen molar-refractivity contribution >= 4 is 334 Å². The van der Waals surface area contributed by atoms with Crippen LogP contribution in [0, 0.1) is 0 Å². The van der Waals surface area contributed by atoms with Crippen LogP contribution >= 0.6 is 287 Å². The molecule has 0 amide bonds. The molecule has 0 fully saturated rings. The second-order valence-corrected chi connectivity index (χ2v) is 57.7. The van der Waals surface area contributed by atoms with Gasteiger partial charge in [0.15, 0.2) is 4.29 Å². The Balaban J connectivity index is 1.67. The molecule has 0 saturated heterocycles. The van der Waals surface area contributed by atoms with Gasteiger partial charge in [-0.1, -0.05) is 457 Å². The van der Waals surface area contributed by atoms with Gasteiger partial charge in [-0.3, -0.25) is 0 Å². The van der Waals surface area contributed by atoms with Crippen LogP contribution in [0.5, 0.6) is 0 Å². The van der Waals surface area contributed by atoms with E-state index in [0.29, 0.717) is 25.7 Å². The molecule has 0 N–H and O–H groups in total. The van der Waals surface area contributed by atoms with Crippen molar-refractivity contribution in [1.82, 2.24) is 0 Å². The van der Waals surface area contributed by atoms with Crippen molar-refractivity contribution in [3.8, 4) is 0 Å². The molecule has 0 heterocycles. The lowest BCUT2D eigenvalue weighted by Gasteiger charge is -2.47. The smallest absolute Gasteiger partial charge is 0.279 e. The molecule has 0 saturated carbocycles. The number of benzene rings is 6. The molecular weight excluding hydrogens is 2090 g/mol. The molecule has 0 aliphatic rings. The maximum Gasteiger partial charge on any atom is 0.279 e. The van der Waals surface area contributed by atoms with Gasteiger partial charge in [-0.25, -0.2) is 0 Å². The third-order valence-corrected chi connectivity index (χ3v) is 53.5. The van der Waals surface area contributed by atoms with Crippen LogP contribution in [0.1, 0.15) is 24.0 Å². The zero-order valence-electron chi connectivity index (χ0n) is 35.2.